The number of benzene rings is 2. The molecule has 2 aromatic carbocycles. The van der Waals surface area contributed by atoms with Crippen LogP contribution in [0.1, 0.15) is 16.7 Å². The molecule has 2 rings (SSSR count). The smallest absolute Gasteiger partial charge is 0.339 e. The maximum absolute atomic E-state index is 12.6. The Labute approximate surface area is 162 Å². The Kier molecular flexibility index (Phi) is 6.37. The molecule has 0 fully saturated rings. The van der Waals surface area contributed by atoms with Crippen molar-refractivity contribution in [1.82, 2.24) is 5.43 Å². The topological polar surface area (TPSA) is 137 Å². The van der Waals surface area contributed by atoms with E-state index in [1.54, 1.807) is 26.0 Å². The van der Waals surface area contributed by atoms with Crippen LogP contribution in [0.25, 0.3) is 0 Å². The van der Waals surface area contributed by atoms with E-state index in [-0.39, 0.29) is 16.4 Å². The van der Waals surface area contributed by atoms with Crippen LogP contribution in [0.2, 0.25) is 0 Å². The lowest BCUT2D eigenvalue weighted by Crippen LogP contribution is -2.32. The second-order valence-electron chi connectivity index (χ2n) is 5.78. The highest BCUT2D eigenvalue weighted by Gasteiger charge is 2.21. The molecule has 0 heterocycles. The summed E-state index contributed by atoms with van der Waals surface area (Å²) in [5.41, 5.74) is 8.52. The molecule has 0 radical (unpaired) electrons. The van der Waals surface area contributed by atoms with Gasteiger partial charge in [0.25, 0.3) is 0 Å². The summed E-state index contributed by atoms with van der Waals surface area (Å²) in [7, 11) is -2.72. The van der Waals surface area contributed by atoms with E-state index in [9.17, 15) is 18.0 Å². The SMILES string of the molecule is COc1cc(C=NNC(=O)C(N)=O)ccc1OS(=O)(=O)c1cc(C)ccc1C. The Morgan fingerprint density at radius 3 is 2.46 bits per heavy atom. The molecule has 0 aliphatic rings. The predicted molar refractivity (Wildman–Crippen MR) is 102 cm³/mol. The minimum absolute atomic E-state index is 0.0123. The van der Waals surface area contributed by atoms with Gasteiger partial charge in [0.05, 0.1) is 13.3 Å². The molecule has 28 heavy (non-hydrogen) atoms. The molecule has 0 spiro atoms. The molecule has 0 atom stereocenters. The van der Waals surface area contributed by atoms with Gasteiger partial charge in [-0.2, -0.15) is 13.5 Å². The van der Waals surface area contributed by atoms with Crippen molar-refractivity contribution < 1.29 is 26.9 Å². The van der Waals surface area contributed by atoms with Crippen LogP contribution in [0.3, 0.4) is 0 Å². The van der Waals surface area contributed by atoms with Crippen molar-refractivity contribution in [2.45, 2.75) is 18.7 Å². The van der Waals surface area contributed by atoms with Gasteiger partial charge in [-0.05, 0) is 54.8 Å². The fourth-order valence-electron chi connectivity index (χ4n) is 2.19. The number of primary amides is 1. The molecule has 148 valence electrons. The average Bonchev–Trinajstić information content (AvgIpc) is 2.64. The first kappa shape index (κ1) is 20.9. The maximum Gasteiger partial charge on any atom is 0.339 e. The van der Waals surface area contributed by atoms with E-state index >= 15 is 0 Å². The number of ether oxygens (including phenoxy) is 1. The highest BCUT2D eigenvalue weighted by Crippen LogP contribution is 2.31. The number of aryl methyl sites for hydroxylation is 2. The van der Waals surface area contributed by atoms with Crippen molar-refractivity contribution in [3.8, 4) is 11.5 Å². The van der Waals surface area contributed by atoms with Crippen LogP contribution in [0.15, 0.2) is 46.4 Å². The summed E-state index contributed by atoms with van der Waals surface area (Å²) in [6.07, 6.45) is 1.23. The number of nitrogens with two attached hydrogens (primary N) is 1. The Bertz CT molecular complexity index is 1050. The Hall–Kier alpha value is -3.40. The van der Waals surface area contributed by atoms with Gasteiger partial charge in [0.15, 0.2) is 11.5 Å². The number of hydrazone groups is 1. The summed E-state index contributed by atoms with van der Waals surface area (Å²) in [6.45, 7) is 3.46. The lowest BCUT2D eigenvalue weighted by atomic mass is 10.2. The van der Waals surface area contributed by atoms with Gasteiger partial charge >= 0.3 is 21.9 Å². The fourth-order valence-corrected chi connectivity index (χ4v) is 3.45. The number of rotatable bonds is 6. The third-order valence-electron chi connectivity index (χ3n) is 3.60. The third-order valence-corrected chi connectivity index (χ3v) is 4.98. The molecule has 3 N–H and O–H groups in total. The van der Waals surface area contributed by atoms with Crippen molar-refractivity contribution in [2.24, 2.45) is 10.8 Å². The lowest BCUT2D eigenvalue weighted by Gasteiger charge is -2.13. The minimum atomic E-state index is -4.07. The number of carbonyl (C=O) groups excluding carboxylic acids is 2. The van der Waals surface area contributed by atoms with Crippen LogP contribution in [-0.4, -0.2) is 33.6 Å². The summed E-state index contributed by atoms with van der Waals surface area (Å²) >= 11 is 0. The van der Waals surface area contributed by atoms with Gasteiger partial charge in [-0.15, -0.1) is 0 Å². The molecule has 10 heteroatoms. The molecule has 0 saturated heterocycles. The van der Waals surface area contributed by atoms with Gasteiger partial charge in [0, 0.05) is 0 Å². The van der Waals surface area contributed by atoms with Crippen LogP contribution in [-0.2, 0) is 19.7 Å². The van der Waals surface area contributed by atoms with E-state index in [4.69, 9.17) is 14.7 Å². The van der Waals surface area contributed by atoms with Gasteiger partial charge in [-0.25, -0.2) is 5.43 Å². The number of methoxy groups -OCH3 is 1. The summed E-state index contributed by atoms with van der Waals surface area (Å²) in [5.74, 6) is -2.11. The molecular weight excluding hydrogens is 386 g/mol. The van der Waals surface area contributed by atoms with Crippen molar-refractivity contribution in [2.75, 3.05) is 7.11 Å². The minimum Gasteiger partial charge on any atom is -0.493 e. The Morgan fingerprint density at radius 2 is 1.82 bits per heavy atom. The highest BCUT2D eigenvalue weighted by atomic mass is 32.2. The fraction of sp³-hybridized carbons (Fsp3) is 0.167. The summed E-state index contributed by atoms with van der Waals surface area (Å²) in [4.78, 5) is 21.7. The molecule has 0 aliphatic carbocycles. The number of amides is 2. The van der Waals surface area contributed by atoms with Crippen molar-refractivity contribution in [3.05, 3.63) is 53.1 Å². The van der Waals surface area contributed by atoms with Crippen LogP contribution >= 0.6 is 0 Å². The van der Waals surface area contributed by atoms with Crippen LogP contribution in [0, 0.1) is 13.8 Å². The monoisotopic (exact) mass is 405 g/mol. The van der Waals surface area contributed by atoms with E-state index in [0.29, 0.717) is 11.1 Å². The third kappa shape index (κ3) is 5.07. The molecular formula is C18H19N3O6S. The van der Waals surface area contributed by atoms with E-state index in [1.165, 1.54) is 37.6 Å². The van der Waals surface area contributed by atoms with E-state index in [1.807, 2.05) is 5.43 Å². The standard InChI is InChI=1S/C18H19N3O6S/c1-11-4-5-12(2)16(8-11)28(24,25)27-14-7-6-13(9-15(14)26-3)10-20-21-18(23)17(19)22/h4-10H,1-3H3,(H2,19,22)(H,21,23). The van der Waals surface area contributed by atoms with Crippen LogP contribution in [0.4, 0.5) is 0 Å². The van der Waals surface area contributed by atoms with Crippen LogP contribution < -0.4 is 20.1 Å². The number of hydrogen-bond donors (Lipinski definition) is 2. The lowest BCUT2D eigenvalue weighted by molar-refractivity contribution is -0.137. The zero-order valence-electron chi connectivity index (χ0n) is 15.4. The molecule has 0 aromatic heterocycles. The first-order valence-corrected chi connectivity index (χ1v) is 9.37. The Morgan fingerprint density at radius 1 is 1.11 bits per heavy atom. The van der Waals surface area contributed by atoms with Gasteiger partial charge in [-0.3, -0.25) is 9.59 Å². The predicted octanol–water partition coefficient (Wildman–Crippen LogP) is 1.02. The number of nitrogens with one attached hydrogen (secondary N) is 1. The van der Waals surface area contributed by atoms with Crippen LogP contribution in [0.5, 0.6) is 11.5 Å². The number of nitrogens with zero attached hydrogens (tertiary/aromatic N) is 1. The highest BCUT2D eigenvalue weighted by molar-refractivity contribution is 7.87. The quantitative estimate of drug-likeness (QED) is 0.318. The van der Waals surface area contributed by atoms with E-state index < -0.39 is 21.9 Å². The largest absolute Gasteiger partial charge is 0.493 e. The molecule has 0 saturated carbocycles. The number of carbonyl (C=O) groups is 2. The molecule has 0 aliphatic heterocycles. The van der Waals surface area contributed by atoms with Gasteiger partial charge in [-0.1, -0.05) is 12.1 Å². The van der Waals surface area contributed by atoms with Crippen molar-refractivity contribution in [3.63, 3.8) is 0 Å². The molecule has 0 unspecified atom stereocenters. The second kappa shape index (κ2) is 8.53. The maximum atomic E-state index is 12.6. The zero-order valence-corrected chi connectivity index (χ0v) is 16.2. The summed E-state index contributed by atoms with van der Waals surface area (Å²) in [6, 6.07) is 9.37. The summed E-state index contributed by atoms with van der Waals surface area (Å²) < 4.78 is 35.7. The van der Waals surface area contributed by atoms with Gasteiger partial charge in [0.1, 0.15) is 4.90 Å². The second-order valence-corrected chi connectivity index (χ2v) is 7.29. The Balaban J connectivity index is 2.27. The molecule has 2 aromatic rings. The van der Waals surface area contributed by atoms with Gasteiger partial charge in [0.2, 0.25) is 0 Å². The van der Waals surface area contributed by atoms with Gasteiger partial charge < -0.3 is 14.7 Å². The normalized spacial score (nSPS) is 11.2. The van der Waals surface area contributed by atoms with E-state index in [2.05, 4.69) is 5.10 Å². The van der Waals surface area contributed by atoms with Crippen molar-refractivity contribution in [1.29, 1.82) is 0 Å². The molecule has 2 amide bonds. The molecule has 9 nitrogen and oxygen atoms in total. The van der Waals surface area contributed by atoms with E-state index in [0.717, 1.165) is 5.56 Å². The first-order chi connectivity index (χ1) is 13.1. The first-order valence-electron chi connectivity index (χ1n) is 7.96. The zero-order chi connectivity index (χ0) is 20.9. The summed E-state index contributed by atoms with van der Waals surface area (Å²) in [5, 5.41) is 3.57. The number of hydrogen-bond acceptors (Lipinski definition) is 7. The van der Waals surface area contributed by atoms with Crippen molar-refractivity contribution >= 4 is 28.1 Å². The average molecular weight is 405 g/mol. The molecule has 0 bridgehead atoms.